The van der Waals surface area contributed by atoms with Crippen LogP contribution in [0.15, 0.2) is 0 Å². The van der Waals surface area contributed by atoms with Crippen LogP contribution in [-0.2, 0) is 33.2 Å². The molecule has 1 fully saturated rings. The van der Waals surface area contributed by atoms with Gasteiger partial charge in [-0.15, -0.1) is 0 Å². The summed E-state index contributed by atoms with van der Waals surface area (Å²) >= 11 is 0. The molecular formula is C20H41NO7. The van der Waals surface area contributed by atoms with Gasteiger partial charge in [-0.3, -0.25) is 0 Å². The Balaban J connectivity index is 1.70. The topological polar surface area (TPSA) is 67.9 Å². The quantitative estimate of drug-likeness (QED) is 0.279. The Morgan fingerprint density at radius 3 is 1.50 bits per heavy atom. The minimum absolute atomic E-state index is 0.346. The first kappa shape index (κ1) is 25.7. The monoisotopic (exact) mass is 407 g/mol. The fraction of sp³-hybridized carbons (Fsp3) is 1.00. The summed E-state index contributed by atoms with van der Waals surface area (Å²) in [5, 5.41) is 0. The van der Waals surface area contributed by atoms with Crippen LogP contribution in [0.4, 0.5) is 0 Å². The summed E-state index contributed by atoms with van der Waals surface area (Å²) in [6.45, 7) is 10.3. The predicted molar refractivity (Wildman–Crippen MR) is 107 cm³/mol. The highest BCUT2D eigenvalue weighted by molar-refractivity contribution is 4.82. The molecule has 1 saturated heterocycles. The second-order valence-corrected chi connectivity index (χ2v) is 6.78. The van der Waals surface area contributed by atoms with Crippen LogP contribution in [-0.4, -0.2) is 117 Å². The number of ether oxygens (including phenoxy) is 7. The molecule has 0 amide bonds. The lowest BCUT2D eigenvalue weighted by Gasteiger charge is -2.15. The molecule has 168 valence electrons. The molecule has 1 heterocycles. The average Bonchev–Trinajstić information content (AvgIpc) is 3.06. The number of hydrogen-bond donors (Lipinski definition) is 0. The van der Waals surface area contributed by atoms with Crippen molar-refractivity contribution in [3.63, 3.8) is 0 Å². The predicted octanol–water partition coefficient (Wildman–Crippen LogP) is 1.22. The van der Waals surface area contributed by atoms with E-state index < -0.39 is 0 Å². The molecule has 2 atom stereocenters. The van der Waals surface area contributed by atoms with Gasteiger partial charge in [0.15, 0.2) is 0 Å². The van der Waals surface area contributed by atoms with E-state index in [1.54, 1.807) is 7.11 Å². The van der Waals surface area contributed by atoms with Gasteiger partial charge in [0.2, 0.25) is 0 Å². The Hall–Kier alpha value is -0.320. The molecule has 0 aromatic heterocycles. The molecule has 0 bridgehead atoms. The van der Waals surface area contributed by atoms with E-state index in [4.69, 9.17) is 33.2 Å². The number of rotatable bonds is 20. The summed E-state index contributed by atoms with van der Waals surface area (Å²) < 4.78 is 37.9. The van der Waals surface area contributed by atoms with E-state index in [9.17, 15) is 0 Å². The molecule has 1 aliphatic rings. The molecule has 2 unspecified atom stereocenters. The lowest BCUT2D eigenvalue weighted by molar-refractivity contribution is -0.0249. The van der Waals surface area contributed by atoms with E-state index in [-0.39, 0.29) is 0 Å². The minimum Gasteiger partial charge on any atom is -0.382 e. The van der Waals surface area contributed by atoms with Crippen LogP contribution < -0.4 is 0 Å². The third kappa shape index (κ3) is 13.8. The van der Waals surface area contributed by atoms with Crippen molar-refractivity contribution in [2.45, 2.75) is 31.9 Å². The minimum atomic E-state index is 0.346. The molecule has 28 heavy (non-hydrogen) atoms. The third-order valence-electron chi connectivity index (χ3n) is 4.62. The van der Waals surface area contributed by atoms with Gasteiger partial charge >= 0.3 is 0 Å². The lowest BCUT2D eigenvalue weighted by Crippen LogP contribution is -2.24. The maximum absolute atomic E-state index is 5.88. The summed E-state index contributed by atoms with van der Waals surface area (Å²) in [6.07, 6.45) is 2.66. The van der Waals surface area contributed by atoms with Crippen LogP contribution in [0.3, 0.4) is 0 Å². The summed E-state index contributed by atoms with van der Waals surface area (Å²) in [4.78, 5) is 2.38. The second kappa shape index (κ2) is 18.7. The molecule has 1 rings (SSSR count). The first-order chi connectivity index (χ1) is 13.8. The van der Waals surface area contributed by atoms with Gasteiger partial charge in [0.25, 0.3) is 0 Å². The largest absolute Gasteiger partial charge is 0.382 e. The molecule has 0 radical (unpaired) electrons. The average molecular weight is 408 g/mol. The van der Waals surface area contributed by atoms with E-state index in [2.05, 4.69) is 18.9 Å². The van der Waals surface area contributed by atoms with Crippen LogP contribution in [0, 0.1) is 0 Å². The van der Waals surface area contributed by atoms with Crippen molar-refractivity contribution < 1.29 is 33.2 Å². The van der Waals surface area contributed by atoms with Crippen LogP contribution in [0.1, 0.15) is 19.8 Å². The SMILES string of the molecule is CCC1CC(OCCOCCOCCOCCOCCOCCOC)CN1C. The molecule has 1 aliphatic heterocycles. The van der Waals surface area contributed by atoms with E-state index >= 15 is 0 Å². The Morgan fingerprint density at radius 1 is 0.679 bits per heavy atom. The summed E-state index contributed by atoms with van der Waals surface area (Å²) in [5.74, 6) is 0. The maximum atomic E-state index is 5.88. The van der Waals surface area contributed by atoms with Crippen LogP contribution >= 0.6 is 0 Å². The molecule has 0 aromatic carbocycles. The normalized spacial score (nSPS) is 20.2. The van der Waals surface area contributed by atoms with Crippen LogP contribution in [0.2, 0.25) is 0 Å². The number of likely N-dealkylation sites (tertiary alicyclic amines) is 1. The highest BCUT2D eigenvalue weighted by Crippen LogP contribution is 2.20. The van der Waals surface area contributed by atoms with Crippen molar-refractivity contribution in [1.82, 2.24) is 4.90 Å². The Morgan fingerprint density at radius 2 is 1.11 bits per heavy atom. The van der Waals surface area contributed by atoms with Gasteiger partial charge in [-0.1, -0.05) is 6.92 Å². The van der Waals surface area contributed by atoms with E-state index in [0.29, 0.717) is 91.4 Å². The first-order valence-corrected chi connectivity index (χ1v) is 10.5. The van der Waals surface area contributed by atoms with Crippen molar-refractivity contribution >= 4 is 0 Å². The number of nitrogens with zero attached hydrogens (tertiary/aromatic N) is 1. The van der Waals surface area contributed by atoms with Gasteiger partial charge in [0, 0.05) is 19.7 Å². The molecule has 0 spiro atoms. The third-order valence-corrected chi connectivity index (χ3v) is 4.62. The van der Waals surface area contributed by atoms with Crippen molar-refractivity contribution in [3.05, 3.63) is 0 Å². The zero-order valence-electron chi connectivity index (χ0n) is 18.1. The Bertz CT molecular complexity index is 336. The van der Waals surface area contributed by atoms with Gasteiger partial charge in [-0.25, -0.2) is 0 Å². The summed E-state index contributed by atoms with van der Waals surface area (Å²) in [7, 11) is 3.82. The zero-order chi connectivity index (χ0) is 20.3. The van der Waals surface area contributed by atoms with Crippen LogP contribution in [0.25, 0.3) is 0 Å². The van der Waals surface area contributed by atoms with E-state index in [0.717, 1.165) is 13.0 Å². The smallest absolute Gasteiger partial charge is 0.0718 e. The van der Waals surface area contributed by atoms with Gasteiger partial charge in [0.1, 0.15) is 0 Å². The number of methoxy groups -OCH3 is 1. The molecular weight excluding hydrogens is 366 g/mol. The van der Waals surface area contributed by atoms with Gasteiger partial charge < -0.3 is 38.1 Å². The van der Waals surface area contributed by atoms with Crippen LogP contribution in [0.5, 0.6) is 0 Å². The number of likely N-dealkylation sites (N-methyl/N-ethyl adjacent to an activating group) is 1. The fourth-order valence-electron chi connectivity index (χ4n) is 3.02. The van der Waals surface area contributed by atoms with Crippen molar-refractivity contribution in [1.29, 1.82) is 0 Å². The van der Waals surface area contributed by atoms with Gasteiger partial charge in [-0.2, -0.15) is 0 Å². The molecule has 8 nitrogen and oxygen atoms in total. The molecule has 0 saturated carbocycles. The zero-order valence-corrected chi connectivity index (χ0v) is 18.1. The Labute approximate surface area is 170 Å². The number of hydrogen-bond acceptors (Lipinski definition) is 8. The first-order valence-electron chi connectivity index (χ1n) is 10.5. The van der Waals surface area contributed by atoms with Crippen molar-refractivity contribution in [2.24, 2.45) is 0 Å². The van der Waals surface area contributed by atoms with Gasteiger partial charge in [-0.05, 0) is 19.9 Å². The standard InChI is InChI=1S/C20H41NO7/c1-4-19-17-20(18-21(19)2)28-16-15-27-14-13-26-12-11-25-10-9-24-8-7-23-6-5-22-3/h19-20H,4-18H2,1-3H3. The summed E-state index contributed by atoms with van der Waals surface area (Å²) in [6, 6.07) is 0.660. The second-order valence-electron chi connectivity index (χ2n) is 6.78. The highest BCUT2D eigenvalue weighted by atomic mass is 16.6. The fourth-order valence-corrected chi connectivity index (χ4v) is 3.02. The Kier molecular flexibility index (Phi) is 17.2. The highest BCUT2D eigenvalue weighted by Gasteiger charge is 2.28. The maximum Gasteiger partial charge on any atom is 0.0718 e. The van der Waals surface area contributed by atoms with Crippen molar-refractivity contribution in [3.8, 4) is 0 Å². The van der Waals surface area contributed by atoms with E-state index in [1.807, 2.05) is 0 Å². The molecule has 0 aliphatic carbocycles. The molecule has 8 heteroatoms. The molecule has 0 aromatic rings. The van der Waals surface area contributed by atoms with Gasteiger partial charge in [0.05, 0.1) is 85.4 Å². The lowest BCUT2D eigenvalue weighted by atomic mass is 10.1. The van der Waals surface area contributed by atoms with E-state index in [1.165, 1.54) is 6.42 Å². The van der Waals surface area contributed by atoms with Crippen molar-refractivity contribution in [2.75, 3.05) is 100.0 Å². The molecule has 0 N–H and O–H groups in total. The summed E-state index contributed by atoms with van der Waals surface area (Å²) in [5.41, 5.74) is 0.